The Bertz CT molecular complexity index is 1150. The topological polar surface area (TPSA) is 76.1 Å². The molecule has 2 aromatic rings. The van der Waals surface area contributed by atoms with Crippen molar-refractivity contribution in [2.45, 2.75) is 75.8 Å². The second kappa shape index (κ2) is 10.1. The van der Waals surface area contributed by atoms with Crippen molar-refractivity contribution in [1.29, 1.82) is 0 Å². The highest BCUT2D eigenvalue weighted by molar-refractivity contribution is 7.92. The van der Waals surface area contributed by atoms with Crippen molar-refractivity contribution >= 4 is 15.7 Å². The van der Waals surface area contributed by atoms with Gasteiger partial charge in [-0.05, 0) is 91.7 Å². The Kier molecular flexibility index (Phi) is 7.11. The highest BCUT2D eigenvalue weighted by Crippen LogP contribution is 2.46. The third-order valence-corrected chi connectivity index (χ3v) is 9.59. The van der Waals surface area contributed by atoms with Crippen molar-refractivity contribution < 1.29 is 23.0 Å². The number of aryl methyl sites for hydroxylation is 1. The maximum Gasteiger partial charge on any atom is 0.264 e. The van der Waals surface area contributed by atoms with Gasteiger partial charge in [0.15, 0.2) is 0 Å². The van der Waals surface area contributed by atoms with Crippen LogP contribution in [0.4, 0.5) is 5.69 Å². The van der Waals surface area contributed by atoms with E-state index in [4.69, 9.17) is 9.47 Å². The number of hydrogen-bond donors (Lipinski definition) is 1. The smallest absolute Gasteiger partial charge is 0.264 e. The molecule has 0 aromatic heterocycles. The van der Waals surface area contributed by atoms with Crippen LogP contribution in [-0.4, -0.2) is 39.4 Å². The standard InChI is InChI=1S/C28H37NO5S/c1-19(2)22-5-8-27-23(15-22)6-9-26(21-3-4-21)29(27)35(31,32)25-7-10-28(24(16-25)17-30)34-18-20-11-13-33-14-12-20/h5,7-8,10,15-16,19-21,26,30H,3-4,6,9,11-14,17-18H2,1-2H3. The highest BCUT2D eigenvalue weighted by Gasteiger charge is 2.44. The summed E-state index contributed by atoms with van der Waals surface area (Å²) in [6.45, 7) is 6.09. The molecule has 190 valence electrons. The van der Waals surface area contributed by atoms with Crippen LogP contribution in [0.25, 0.3) is 0 Å². The van der Waals surface area contributed by atoms with E-state index in [0.717, 1.165) is 63.0 Å². The Balaban J connectivity index is 1.45. The van der Waals surface area contributed by atoms with Gasteiger partial charge >= 0.3 is 0 Å². The SMILES string of the molecule is CC(C)c1ccc2c(c1)CCC(C1CC1)N2S(=O)(=O)c1ccc(OCC2CCOCC2)c(CO)c1. The van der Waals surface area contributed by atoms with Gasteiger partial charge in [-0.1, -0.05) is 26.0 Å². The van der Waals surface area contributed by atoms with E-state index in [9.17, 15) is 13.5 Å². The van der Waals surface area contributed by atoms with Crippen LogP contribution in [0.1, 0.15) is 68.6 Å². The number of aliphatic hydroxyl groups excluding tert-OH is 1. The van der Waals surface area contributed by atoms with Gasteiger partial charge in [0.2, 0.25) is 0 Å². The molecule has 2 heterocycles. The van der Waals surface area contributed by atoms with E-state index in [1.54, 1.807) is 22.5 Å². The number of benzene rings is 2. The molecule has 35 heavy (non-hydrogen) atoms. The number of ether oxygens (including phenoxy) is 2. The zero-order valence-corrected chi connectivity index (χ0v) is 21.6. The van der Waals surface area contributed by atoms with Gasteiger partial charge in [0.05, 0.1) is 23.8 Å². The third-order valence-electron chi connectivity index (χ3n) is 7.76. The first-order valence-corrected chi connectivity index (χ1v) is 14.4. The summed E-state index contributed by atoms with van der Waals surface area (Å²) >= 11 is 0. The van der Waals surface area contributed by atoms with Crippen molar-refractivity contribution in [2.24, 2.45) is 11.8 Å². The molecule has 2 aromatic carbocycles. The lowest BCUT2D eigenvalue weighted by atomic mass is 9.91. The van der Waals surface area contributed by atoms with Gasteiger partial charge < -0.3 is 14.6 Å². The Morgan fingerprint density at radius 3 is 2.51 bits per heavy atom. The predicted molar refractivity (Wildman–Crippen MR) is 136 cm³/mol. The number of nitrogens with zero attached hydrogens (tertiary/aromatic N) is 1. The zero-order valence-electron chi connectivity index (χ0n) is 20.8. The maximum atomic E-state index is 14.1. The van der Waals surface area contributed by atoms with Gasteiger partial charge in [-0.3, -0.25) is 4.31 Å². The van der Waals surface area contributed by atoms with E-state index in [-0.39, 0.29) is 17.5 Å². The fraction of sp³-hybridized carbons (Fsp3) is 0.571. The summed E-state index contributed by atoms with van der Waals surface area (Å²) in [6.07, 6.45) is 5.82. The van der Waals surface area contributed by atoms with Crippen molar-refractivity contribution in [3.63, 3.8) is 0 Å². The quantitative estimate of drug-likeness (QED) is 0.551. The summed E-state index contributed by atoms with van der Waals surface area (Å²) < 4.78 is 41.3. The second-order valence-corrected chi connectivity index (χ2v) is 12.4. The van der Waals surface area contributed by atoms with E-state index < -0.39 is 10.0 Å². The number of anilines is 1. The van der Waals surface area contributed by atoms with Gasteiger partial charge in [0.1, 0.15) is 5.75 Å². The minimum Gasteiger partial charge on any atom is -0.493 e. The normalized spacial score (nSPS) is 21.3. The molecule has 1 aliphatic carbocycles. The Morgan fingerprint density at radius 1 is 1.06 bits per heavy atom. The van der Waals surface area contributed by atoms with Gasteiger partial charge in [0, 0.05) is 24.8 Å². The molecule has 1 saturated heterocycles. The molecule has 2 fully saturated rings. The van der Waals surface area contributed by atoms with Crippen molar-refractivity contribution in [3.05, 3.63) is 53.1 Å². The van der Waals surface area contributed by atoms with E-state index in [2.05, 4.69) is 26.0 Å². The van der Waals surface area contributed by atoms with E-state index in [1.165, 1.54) is 5.56 Å². The van der Waals surface area contributed by atoms with E-state index in [0.29, 0.717) is 35.7 Å². The first-order chi connectivity index (χ1) is 16.9. The Labute approximate surface area is 209 Å². The molecule has 1 N–H and O–H groups in total. The number of fused-ring (bicyclic) bond motifs is 1. The number of aliphatic hydroxyl groups is 1. The molecule has 5 rings (SSSR count). The van der Waals surface area contributed by atoms with Crippen LogP contribution in [-0.2, 0) is 27.8 Å². The van der Waals surface area contributed by atoms with Crippen LogP contribution in [0.15, 0.2) is 41.3 Å². The molecule has 3 aliphatic rings. The molecule has 1 unspecified atom stereocenters. The fourth-order valence-electron chi connectivity index (χ4n) is 5.41. The lowest BCUT2D eigenvalue weighted by Gasteiger charge is -2.38. The molecule has 0 amide bonds. The van der Waals surface area contributed by atoms with E-state index in [1.807, 2.05) is 6.07 Å². The van der Waals surface area contributed by atoms with Crippen LogP contribution in [0.3, 0.4) is 0 Å². The van der Waals surface area contributed by atoms with Gasteiger partial charge in [-0.15, -0.1) is 0 Å². The fourth-order valence-corrected chi connectivity index (χ4v) is 7.24. The van der Waals surface area contributed by atoms with E-state index >= 15 is 0 Å². The highest BCUT2D eigenvalue weighted by atomic mass is 32.2. The monoisotopic (exact) mass is 499 g/mol. The Hall–Kier alpha value is -2.09. The number of hydrogen-bond acceptors (Lipinski definition) is 5. The summed E-state index contributed by atoms with van der Waals surface area (Å²) in [6, 6.07) is 11.2. The summed E-state index contributed by atoms with van der Waals surface area (Å²) in [4.78, 5) is 0.214. The van der Waals surface area contributed by atoms with Crippen molar-refractivity contribution in [1.82, 2.24) is 0 Å². The van der Waals surface area contributed by atoms with Crippen LogP contribution < -0.4 is 9.04 Å². The number of rotatable bonds is 8. The molecule has 2 aliphatic heterocycles. The molecule has 7 heteroatoms. The molecule has 1 atom stereocenters. The summed E-state index contributed by atoms with van der Waals surface area (Å²) in [5, 5.41) is 10.0. The Morgan fingerprint density at radius 2 is 1.83 bits per heavy atom. The van der Waals surface area contributed by atoms with Gasteiger partial charge in [-0.25, -0.2) is 8.42 Å². The maximum absolute atomic E-state index is 14.1. The van der Waals surface area contributed by atoms with Gasteiger partial charge in [-0.2, -0.15) is 0 Å². The van der Waals surface area contributed by atoms with Crippen LogP contribution in [0.5, 0.6) is 5.75 Å². The molecule has 6 nitrogen and oxygen atoms in total. The van der Waals surface area contributed by atoms with Crippen LogP contribution in [0.2, 0.25) is 0 Å². The van der Waals surface area contributed by atoms with Gasteiger partial charge in [0.25, 0.3) is 10.0 Å². The zero-order chi connectivity index (χ0) is 24.6. The third kappa shape index (κ3) is 5.09. The summed E-state index contributed by atoms with van der Waals surface area (Å²) in [5.74, 6) is 1.78. The lowest BCUT2D eigenvalue weighted by molar-refractivity contribution is 0.0494. The number of sulfonamides is 1. The molecule has 0 spiro atoms. The average molecular weight is 500 g/mol. The van der Waals surface area contributed by atoms with Crippen molar-refractivity contribution in [3.8, 4) is 5.75 Å². The minimum absolute atomic E-state index is 0.0144. The first kappa shape index (κ1) is 24.6. The average Bonchev–Trinajstić information content (AvgIpc) is 3.72. The molecule has 0 bridgehead atoms. The predicted octanol–water partition coefficient (Wildman–Crippen LogP) is 5.03. The minimum atomic E-state index is -3.80. The largest absolute Gasteiger partial charge is 0.493 e. The second-order valence-electron chi connectivity index (χ2n) is 10.6. The van der Waals surface area contributed by atoms with Crippen LogP contribution in [0, 0.1) is 11.8 Å². The van der Waals surface area contributed by atoms with Crippen LogP contribution >= 0.6 is 0 Å². The first-order valence-electron chi connectivity index (χ1n) is 13.0. The molecule has 1 saturated carbocycles. The molecular weight excluding hydrogens is 462 g/mol. The summed E-state index contributed by atoms with van der Waals surface area (Å²) in [7, 11) is -3.80. The molecule has 0 radical (unpaired) electrons. The summed E-state index contributed by atoms with van der Waals surface area (Å²) in [5.41, 5.74) is 3.66. The lowest BCUT2D eigenvalue weighted by Crippen LogP contribution is -2.45. The molecular formula is C28H37NO5S. The van der Waals surface area contributed by atoms with Crippen molar-refractivity contribution in [2.75, 3.05) is 24.1 Å².